The third kappa shape index (κ3) is 2.36. The van der Waals surface area contributed by atoms with Gasteiger partial charge in [0.1, 0.15) is 11.1 Å². The van der Waals surface area contributed by atoms with Crippen LogP contribution in [0.5, 0.6) is 5.75 Å². The molecule has 1 aromatic rings. The molecule has 0 aliphatic heterocycles. The fourth-order valence-electron chi connectivity index (χ4n) is 0.941. The molecule has 1 aromatic carbocycles. The molecular weight excluding hydrogens is 211 g/mol. The van der Waals surface area contributed by atoms with Crippen LogP contribution in [-0.4, -0.2) is 10.9 Å². The van der Waals surface area contributed by atoms with E-state index in [1.54, 1.807) is 0 Å². The van der Waals surface area contributed by atoms with Gasteiger partial charge in [0.15, 0.2) is 5.78 Å². The van der Waals surface area contributed by atoms with E-state index in [0.29, 0.717) is 10.6 Å². The second-order valence-electron chi connectivity index (χ2n) is 2.68. The fraction of sp³-hybridized carbons (Fsp3) is 0.222. The molecule has 0 bridgehead atoms. The minimum atomic E-state index is -0.743. The van der Waals surface area contributed by atoms with Crippen LogP contribution in [0.2, 0.25) is 5.02 Å². The van der Waals surface area contributed by atoms with Crippen molar-refractivity contribution in [3.63, 3.8) is 0 Å². The number of carbonyl (C=O) groups excluding carboxylic acids is 1. The predicted molar refractivity (Wildman–Crippen MR) is 52.4 cm³/mol. The van der Waals surface area contributed by atoms with E-state index >= 15 is 0 Å². The summed E-state index contributed by atoms with van der Waals surface area (Å²) in [6.45, 7) is 1.39. The maximum atomic E-state index is 10.9. The van der Waals surface area contributed by atoms with Gasteiger partial charge in [0, 0.05) is 5.02 Å². The monoisotopic (exact) mass is 218 g/mol. The van der Waals surface area contributed by atoms with Crippen LogP contribution in [0.4, 0.5) is 0 Å². The van der Waals surface area contributed by atoms with E-state index in [4.69, 9.17) is 28.3 Å². The molecule has 0 amide bonds. The molecule has 0 saturated carbocycles. The van der Waals surface area contributed by atoms with Gasteiger partial charge in [-0.15, -0.1) is 11.6 Å². The Morgan fingerprint density at radius 2 is 2.15 bits per heavy atom. The number of carbonyl (C=O) groups is 1. The number of benzene rings is 1. The predicted octanol–water partition coefficient (Wildman–Crippen LogP) is 2.91. The summed E-state index contributed by atoms with van der Waals surface area (Å²) in [7, 11) is 0. The van der Waals surface area contributed by atoms with Crippen molar-refractivity contribution < 1.29 is 9.90 Å². The third-order valence-corrected chi connectivity index (χ3v) is 2.48. The Bertz CT molecular complexity index is 336. The molecule has 0 aliphatic carbocycles. The molecule has 0 radical (unpaired) electrons. The smallest absolute Gasteiger partial charge is 0.152 e. The lowest BCUT2D eigenvalue weighted by atomic mass is 10.1. The lowest BCUT2D eigenvalue weighted by Crippen LogP contribution is -2.01. The second kappa shape index (κ2) is 3.99. The highest BCUT2D eigenvalue weighted by Crippen LogP contribution is 2.30. The zero-order chi connectivity index (χ0) is 10.0. The Balaban J connectivity index is 3.08. The summed E-state index contributed by atoms with van der Waals surface area (Å²) in [6.07, 6.45) is 0. The fourth-order valence-corrected chi connectivity index (χ4v) is 1.47. The van der Waals surface area contributed by atoms with E-state index in [1.807, 2.05) is 0 Å². The van der Waals surface area contributed by atoms with Crippen LogP contribution in [0.3, 0.4) is 0 Å². The van der Waals surface area contributed by atoms with Crippen molar-refractivity contribution in [1.29, 1.82) is 0 Å². The molecule has 0 aromatic heterocycles. The van der Waals surface area contributed by atoms with Gasteiger partial charge in [0.05, 0.1) is 0 Å². The molecule has 1 rings (SSSR count). The summed E-state index contributed by atoms with van der Waals surface area (Å²) in [5.74, 6) is -0.115. The average Bonchev–Trinajstić information content (AvgIpc) is 2.03. The first kappa shape index (κ1) is 10.4. The average molecular weight is 219 g/mol. The van der Waals surface area contributed by atoms with Crippen LogP contribution in [0.1, 0.15) is 17.9 Å². The van der Waals surface area contributed by atoms with Gasteiger partial charge < -0.3 is 5.11 Å². The molecule has 0 heterocycles. The molecule has 0 fully saturated rings. The van der Waals surface area contributed by atoms with Crippen molar-refractivity contribution in [1.82, 2.24) is 0 Å². The van der Waals surface area contributed by atoms with Gasteiger partial charge in [-0.05, 0) is 24.6 Å². The van der Waals surface area contributed by atoms with Gasteiger partial charge in [0.2, 0.25) is 0 Å². The Labute approximate surface area is 86.1 Å². The first-order valence-electron chi connectivity index (χ1n) is 3.65. The highest BCUT2D eigenvalue weighted by molar-refractivity contribution is 6.35. The van der Waals surface area contributed by atoms with Crippen molar-refractivity contribution in [2.24, 2.45) is 0 Å². The van der Waals surface area contributed by atoms with Crippen LogP contribution >= 0.6 is 23.2 Å². The molecule has 2 nitrogen and oxygen atoms in total. The third-order valence-electron chi connectivity index (χ3n) is 1.61. The number of ketones is 1. The molecule has 1 N–H and O–H groups in total. The number of phenols is 1. The molecule has 0 spiro atoms. The first-order chi connectivity index (χ1) is 6.02. The lowest BCUT2D eigenvalue weighted by Gasteiger charge is -2.07. The SMILES string of the molecule is CC(=O)C(Cl)c1ccc(O)cc1Cl. The van der Waals surface area contributed by atoms with Crippen molar-refractivity contribution in [3.05, 3.63) is 28.8 Å². The number of rotatable bonds is 2. The molecule has 4 heteroatoms. The van der Waals surface area contributed by atoms with Gasteiger partial charge in [-0.25, -0.2) is 0 Å². The second-order valence-corrected chi connectivity index (χ2v) is 3.52. The maximum absolute atomic E-state index is 10.9. The first-order valence-corrected chi connectivity index (χ1v) is 4.46. The zero-order valence-corrected chi connectivity index (χ0v) is 8.43. The highest BCUT2D eigenvalue weighted by atomic mass is 35.5. The summed E-state index contributed by atoms with van der Waals surface area (Å²) in [5.41, 5.74) is 0.522. The number of hydrogen-bond acceptors (Lipinski definition) is 2. The van der Waals surface area contributed by atoms with E-state index < -0.39 is 5.38 Å². The minimum absolute atomic E-state index is 0.0566. The molecule has 13 heavy (non-hydrogen) atoms. The topological polar surface area (TPSA) is 37.3 Å². The van der Waals surface area contributed by atoms with E-state index in [2.05, 4.69) is 0 Å². The minimum Gasteiger partial charge on any atom is -0.508 e. The van der Waals surface area contributed by atoms with Crippen LogP contribution in [-0.2, 0) is 4.79 Å². The highest BCUT2D eigenvalue weighted by Gasteiger charge is 2.16. The summed E-state index contributed by atoms with van der Waals surface area (Å²) in [6, 6.07) is 4.34. The van der Waals surface area contributed by atoms with Crippen molar-refractivity contribution in [2.45, 2.75) is 12.3 Å². The van der Waals surface area contributed by atoms with Gasteiger partial charge in [0.25, 0.3) is 0 Å². The Kier molecular flexibility index (Phi) is 3.17. The summed E-state index contributed by atoms with van der Waals surface area (Å²) < 4.78 is 0. The van der Waals surface area contributed by atoms with Crippen LogP contribution in [0, 0.1) is 0 Å². The molecule has 0 aliphatic rings. The summed E-state index contributed by atoms with van der Waals surface area (Å²) in [4.78, 5) is 10.9. The van der Waals surface area contributed by atoms with Crippen LogP contribution < -0.4 is 0 Å². The Hall–Kier alpha value is -0.730. The number of alkyl halides is 1. The van der Waals surface area contributed by atoms with Crippen LogP contribution in [0.25, 0.3) is 0 Å². The normalized spacial score (nSPS) is 12.5. The molecule has 70 valence electrons. The van der Waals surface area contributed by atoms with Gasteiger partial charge >= 0.3 is 0 Å². The zero-order valence-electron chi connectivity index (χ0n) is 6.92. The number of hydrogen-bond donors (Lipinski definition) is 1. The van der Waals surface area contributed by atoms with Gasteiger partial charge in [-0.2, -0.15) is 0 Å². The van der Waals surface area contributed by atoms with E-state index in [1.165, 1.54) is 25.1 Å². The molecule has 1 atom stereocenters. The number of Topliss-reactive ketones (excluding diaryl/α,β-unsaturated/α-hetero) is 1. The van der Waals surface area contributed by atoms with Crippen molar-refractivity contribution in [3.8, 4) is 5.75 Å². The number of phenolic OH excluding ortho intramolecular Hbond substituents is 1. The summed E-state index contributed by atoms with van der Waals surface area (Å²) >= 11 is 11.6. The molecule has 0 saturated heterocycles. The molecular formula is C9H8Cl2O2. The Morgan fingerprint density at radius 1 is 1.54 bits per heavy atom. The van der Waals surface area contributed by atoms with Gasteiger partial charge in [-0.3, -0.25) is 4.79 Å². The quantitative estimate of drug-likeness (QED) is 0.776. The Morgan fingerprint density at radius 3 is 2.62 bits per heavy atom. The number of halogens is 2. The molecule has 1 unspecified atom stereocenters. The van der Waals surface area contributed by atoms with Crippen molar-refractivity contribution in [2.75, 3.05) is 0 Å². The standard InChI is InChI=1S/C9H8Cl2O2/c1-5(12)9(11)7-3-2-6(13)4-8(7)10/h2-4,9,13H,1H3. The number of aromatic hydroxyl groups is 1. The summed E-state index contributed by atoms with van der Waals surface area (Å²) in [5, 5.41) is 8.60. The maximum Gasteiger partial charge on any atom is 0.152 e. The lowest BCUT2D eigenvalue weighted by molar-refractivity contribution is -0.116. The van der Waals surface area contributed by atoms with Gasteiger partial charge in [-0.1, -0.05) is 17.7 Å². The van der Waals surface area contributed by atoms with E-state index in [-0.39, 0.29) is 11.5 Å². The van der Waals surface area contributed by atoms with Crippen LogP contribution in [0.15, 0.2) is 18.2 Å². The largest absolute Gasteiger partial charge is 0.508 e. The van der Waals surface area contributed by atoms with E-state index in [0.717, 1.165) is 0 Å². The van der Waals surface area contributed by atoms with E-state index in [9.17, 15) is 4.79 Å². The van der Waals surface area contributed by atoms with Crippen molar-refractivity contribution >= 4 is 29.0 Å².